The van der Waals surface area contributed by atoms with Gasteiger partial charge in [-0.3, -0.25) is 9.69 Å². The van der Waals surface area contributed by atoms with Gasteiger partial charge in [-0.25, -0.2) is 8.78 Å². The van der Waals surface area contributed by atoms with Crippen LogP contribution in [0.25, 0.3) is 0 Å². The van der Waals surface area contributed by atoms with Crippen molar-refractivity contribution in [1.82, 2.24) is 10.2 Å². The predicted octanol–water partition coefficient (Wildman–Crippen LogP) is 5.50. The number of aliphatic hydroxyl groups excluding tert-OH is 1. The first-order valence-corrected chi connectivity index (χ1v) is 14.3. The first-order chi connectivity index (χ1) is 18.8. The summed E-state index contributed by atoms with van der Waals surface area (Å²) in [6.45, 7) is 7.01. The van der Waals surface area contributed by atoms with Crippen LogP contribution in [0.4, 0.5) is 8.78 Å². The minimum Gasteiger partial charge on any atom is -0.377 e. The van der Waals surface area contributed by atoms with Crippen LogP contribution in [-0.4, -0.2) is 47.3 Å². The lowest BCUT2D eigenvalue weighted by molar-refractivity contribution is -0.119. The smallest absolute Gasteiger partial charge is 0.217 e. The van der Waals surface area contributed by atoms with Gasteiger partial charge in [0.2, 0.25) is 5.91 Å². The molecule has 5 atom stereocenters. The van der Waals surface area contributed by atoms with Gasteiger partial charge in [0.1, 0.15) is 23.3 Å². The molecule has 2 aliphatic heterocycles. The molecule has 2 aromatic carbocycles. The predicted molar refractivity (Wildman–Crippen MR) is 152 cm³/mol. The van der Waals surface area contributed by atoms with Crippen molar-refractivity contribution in [2.45, 2.75) is 76.1 Å². The van der Waals surface area contributed by atoms with Gasteiger partial charge in [-0.2, -0.15) is 5.26 Å². The zero-order valence-electron chi connectivity index (χ0n) is 22.9. The summed E-state index contributed by atoms with van der Waals surface area (Å²) >= 11 is 12.3. The van der Waals surface area contributed by atoms with Gasteiger partial charge >= 0.3 is 0 Å². The third-order valence-electron chi connectivity index (χ3n) is 8.32. The van der Waals surface area contributed by atoms with Crippen molar-refractivity contribution < 1.29 is 18.7 Å². The van der Waals surface area contributed by atoms with E-state index in [0.29, 0.717) is 32.4 Å². The molecular formula is C30H36Cl2F2N4O2. The van der Waals surface area contributed by atoms with Gasteiger partial charge < -0.3 is 16.2 Å². The molecule has 5 unspecified atom stereocenters. The average molecular weight is 594 g/mol. The van der Waals surface area contributed by atoms with E-state index in [4.69, 9.17) is 28.9 Å². The Bertz CT molecular complexity index is 1290. The van der Waals surface area contributed by atoms with Crippen LogP contribution in [0.1, 0.15) is 63.5 Å². The molecule has 2 heterocycles. The third kappa shape index (κ3) is 6.00. The number of nitrogens with two attached hydrogens (primary N) is 1. The molecule has 216 valence electrons. The Labute approximate surface area is 244 Å². The summed E-state index contributed by atoms with van der Waals surface area (Å²) in [6, 6.07) is 9.63. The SMILES string of the molecule is CC(C)(C)CC1NC(C(O)N2CCC(CC(N)=O)CC2)C(c2cccc(Cl)c2F)C1(C#N)c1ccc(Cl)cc1F. The normalized spacial score (nSPS) is 26.9. The molecular weight excluding hydrogens is 557 g/mol. The lowest BCUT2D eigenvalue weighted by Gasteiger charge is -2.40. The number of amides is 1. The van der Waals surface area contributed by atoms with E-state index < -0.39 is 41.3 Å². The molecule has 2 aliphatic rings. The Morgan fingerprint density at radius 2 is 1.93 bits per heavy atom. The van der Waals surface area contributed by atoms with E-state index in [1.807, 2.05) is 25.7 Å². The van der Waals surface area contributed by atoms with Crippen LogP contribution in [0.15, 0.2) is 36.4 Å². The summed E-state index contributed by atoms with van der Waals surface area (Å²) in [5, 5.41) is 26.3. The van der Waals surface area contributed by atoms with Crippen LogP contribution in [-0.2, 0) is 10.2 Å². The molecule has 10 heteroatoms. The molecule has 4 N–H and O–H groups in total. The fourth-order valence-corrected chi connectivity index (χ4v) is 6.91. The molecule has 0 radical (unpaired) electrons. The van der Waals surface area contributed by atoms with Crippen molar-refractivity contribution in [3.05, 3.63) is 69.2 Å². The largest absolute Gasteiger partial charge is 0.377 e. The summed E-state index contributed by atoms with van der Waals surface area (Å²) in [4.78, 5) is 13.3. The van der Waals surface area contributed by atoms with E-state index in [1.165, 1.54) is 18.2 Å². The maximum Gasteiger partial charge on any atom is 0.217 e. The lowest BCUT2D eigenvalue weighted by atomic mass is 9.62. The zero-order chi connectivity index (χ0) is 29.4. The number of likely N-dealkylation sites (tertiary alicyclic amines) is 1. The standard InChI is InChI=1S/C30H36Cl2F2N4O2/c1-29(2,3)15-23-30(16-35,20-8-7-18(31)14-22(20)33)25(19-5-4-6-21(32)26(19)34)27(37-23)28(40)38-11-9-17(10-12-38)13-24(36)39/h4-8,14,17,23,25,27-28,37,40H,9-13,15H2,1-3H3,(H2,36,39). The van der Waals surface area contributed by atoms with Gasteiger partial charge in [-0.15, -0.1) is 0 Å². The molecule has 0 aromatic heterocycles. The molecule has 2 fully saturated rings. The Kier molecular flexibility index (Phi) is 9.13. The Balaban J connectivity index is 1.87. The fourth-order valence-electron chi connectivity index (χ4n) is 6.57. The molecule has 0 spiro atoms. The summed E-state index contributed by atoms with van der Waals surface area (Å²) in [7, 11) is 0. The highest BCUT2D eigenvalue weighted by Crippen LogP contribution is 2.53. The number of hydrogen-bond donors (Lipinski definition) is 3. The molecule has 0 bridgehead atoms. The molecule has 1 amide bonds. The maximum atomic E-state index is 15.8. The van der Waals surface area contributed by atoms with Crippen molar-refractivity contribution in [3.63, 3.8) is 0 Å². The zero-order valence-corrected chi connectivity index (χ0v) is 24.4. The van der Waals surface area contributed by atoms with Crippen molar-refractivity contribution in [2.75, 3.05) is 13.1 Å². The summed E-state index contributed by atoms with van der Waals surface area (Å²) in [5.74, 6) is -2.63. The number of benzene rings is 2. The monoisotopic (exact) mass is 592 g/mol. The second-order valence-electron chi connectivity index (χ2n) is 12.3. The molecule has 40 heavy (non-hydrogen) atoms. The second kappa shape index (κ2) is 11.9. The van der Waals surface area contributed by atoms with E-state index in [2.05, 4.69) is 11.4 Å². The van der Waals surface area contributed by atoms with Crippen molar-refractivity contribution >= 4 is 29.1 Å². The van der Waals surface area contributed by atoms with Crippen LogP contribution in [0, 0.1) is 34.3 Å². The summed E-state index contributed by atoms with van der Waals surface area (Å²) in [6.07, 6.45) is 0.896. The van der Waals surface area contributed by atoms with Crippen LogP contribution in [0.2, 0.25) is 10.0 Å². The van der Waals surface area contributed by atoms with E-state index in [1.54, 1.807) is 12.1 Å². The molecule has 0 aliphatic carbocycles. The first kappa shape index (κ1) is 30.7. The quantitative estimate of drug-likeness (QED) is 0.394. The number of carbonyl (C=O) groups is 1. The Morgan fingerprint density at radius 3 is 2.50 bits per heavy atom. The highest BCUT2D eigenvalue weighted by molar-refractivity contribution is 6.31. The highest BCUT2D eigenvalue weighted by atomic mass is 35.5. The molecule has 2 saturated heterocycles. The van der Waals surface area contributed by atoms with Gasteiger partial charge in [0.25, 0.3) is 0 Å². The summed E-state index contributed by atoms with van der Waals surface area (Å²) < 4.78 is 31.6. The number of piperidine rings is 1. The third-order valence-corrected chi connectivity index (χ3v) is 8.85. The number of halogens is 4. The Hall–Kier alpha value is -2.28. The van der Waals surface area contributed by atoms with E-state index in [-0.39, 0.29) is 44.8 Å². The van der Waals surface area contributed by atoms with Crippen molar-refractivity contribution in [1.29, 1.82) is 5.26 Å². The molecule has 6 nitrogen and oxygen atoms in total. The lowest BCUT2D eigenvalue weighted by Crippen LogP contribution is -2.53. The van der Waals surface area contributed by atoms with Crippen LogP contribution in [0.3, 0.4) is 0 Å². The Morgan fingerprint density at radius 1 is 1.25 bits per heavy atom. The van der Waals surface area contributed by atoms with Crippen LogP contribution < -0.4 is 11.1 Å². The van der Waals surface area contributed by atoms with Gasteiger partial charge in [0.15, 0.2) is 0 Å². The minimum atomic E-state index is -1.61. The summed E-state index contributed by atoms with van der Waals surface area (Å²) in [5.41, 5.74) is 3.69. The van der Waals surface area contributed by atoms with Gasteiger partial charge in [0.05, 0.1) is 17.1 Å². The van der Waals surface area contributed by atoms with Gasteiger partial charge in [-0.05, 0) is 54.4 Å². The number of carbonyl (C=O) groups excluding carboxylic acids is 1. The topological polar surface area (TPSA) is 102 Å². The van der Waals surface area contributed by atoms with Crippen LogP contribution >= 0.6 is 23.2 Å². The van der Waals surface area contributed by atoms with Crippen LogP contribution in [0.5, 0.6) is 0 Å². The second-order valence-corrected chi connectivity index (χ2v) is 13.1. The number of nitrogens with one attached hydrogen (secondary N) is 1. The first-order valence-electron chi connectivity index (χ1n) is 13.6. The van der Waals surface area contributed by atoms with Gasteiger partial charge in [0, 0.05) is 42.1 Å². The van der Waals surface area contributed by atoms with E-state index >= 15 is 8.78 Å². The fraction of sp³-hybridized carbons (Fsp3) is 0.533. The number of primary amides is 1. The minimum absolute atomic E-state index is 0.0837. The molecule has 2 aromatic rings. The van der Waals surface area contributed by atoms with Crippen molar-refractivity contribution in [3.8, 4) is 6.07 Å². The molecule has 4 rings (SSSR count). The van der Waals surface area contributed by atoms with E-state index in [9.17, 15) is 15.2 Å². The number of nitrogens with zero attached hydrogens (tertiary/aromatic N) is 2. The number of hydrogen-bond acceptors (Lipinski definition) is 5. The number of rotatable bonds is 7. The maximum absolute atomic E-state index is 15.8. The van der Waals surface area contributed by atoms with Crippen molar-refractivity contribution in [2.24, 2.45) is 17.1 Å². The van der Waals surface area contributed by atoms with E-state index in [0.717, 1.165) is 6.07 Å². The highest BCUT2D eigenvalue weighted by Gasteiger charge is 2.61. The number of nitriles is 1. The molecule has 0 saturated carbocycles. The number of aliphatic hydroxyl groups is 1. The average Bonchev–Trinajstić information content (AvgIpc) is 3.18. The van der Waals surface area contributed by atoms with Gasteiger partial charge in [-0.1, -0.05) is 62.2 Å².